The summed E-state index contributed by atoms with van der Waals surface area (Å²) in [5.41, 5.74) is 0.882. The molecule has 1 atom stereocenters. The van der Waals surface area contributed by atoms with Gasteiger partial charge in [-0.1, -0.05) is 44.2 Å². The van der Waals surface area contributed by atoms with E-state index in [0.717, 1.165) is 24.4 Å². The predicted octanol–water partition coefficient (Wildman–Crippen LogP) is 3.21. The molecule has 0 aromatic heterocycles. The lowest BCUT2D eigenvalue weighted by molar-refractivity contribution is 0.139. The maximum atomic E-state index is 12.7. The normalized spacial score (nSPS) is 24.2. The van der Waals surface area contributed by atoms with Crippen LogP contribution < -0.4 is 0 Å². The summed E-state index contributed by atoms with van der Waals surface area (Å²) in [6.45, 7) is 9.52. The van der Waals surface area contributed by atoms with Gasteiger partial charge in [-0.05, 0) is 55.7 Å². The molecule has 4 nitrogen and oxygen atoms in total. The highest BCUT2D eigenvalue weighted by molar-refractivity contribution is 7.88. The maximum Gasteiger partial charge on any atom is 0.218 e. The number of nitrogens with zero attached hydrogens (tertiary/aromatic N) is 2. The summed E-state index contributed by atoms with van der Waals surface area (Å²) in [6.07, 6.45) is 3.48. The molecule has 2 saturated heterocycles. The lowest BCUT2D eigenvalue weighted by Gasteiger charge is -2.35. The topological polar surface area (TPSA) is 40.6 Å². The Morgan fingerprint density at radius 1 is 1.00 bits per heavy atom. The summed E-state index contributed by atoms with van der Waals surface area (Å²) >= 11 is 0. The lowest BCUT2D eigenvalue weighted by Crippen LogP contribution is -2.39. The Morgan fingerprint density at radius 3 is 2.28 bits per heavy atom. The van der Waals surface area contributed by atoms with Crippen molar-refractivity contribution in [1.82, 2.24) is 9.21 Å². The van der Waals surface area contributed by atoms with Crippen LogP contribution >= 0.6 is 0 Å². The van der Waals surface area contributed by atoms with E-state index in [1.807, 2.05) is 30.3 Å². The van der Waals surface area contributed by atoms with Crippen molar-refractivity contribution in [1.29, 1.82) is 0 Å². The molecule has 140 valence electrons. The monoisotopic (exact) mass is 364 g/mol. The Balaban J connectivity index is 1.52. The zero-order valence-electron chi connectivity index (χ0n) is 15.6. The smallest absolute Gasteiger partial charge is 0.218 e. The van der Waals surface area contributed by atoms with Crippen molar-refractivity contribution in [3.8, 4) is 0 Å². The summed E-state index contributed by atoms with van der Waals surface area (Å²) in [6, 6.07) is 9.53. The lowest BCUT2D eigenvalue weighted by atomic mass is 9.83. The van der Waals surface area contributed by atoms with Gasteiger partial charge in [0.05, 0.1) is 5.75 Å². The fourth-order valence-corrected chi connectivity index (χ4v) is 5.99. The second kappa shape index (κ2) is 8.19. The fraction of sp³-hybridized carbons (Fsp3) is 0.700. The van der Waals surface area contributed by atoms with Crippen molar-refractivity contribution < 1.29 is 8.42 Å². The molecule has 2 heterocycles. The van der Waals surface area contributed by atoms with Gasteiger partial charge in [0.25, 0.3) is 0 Å². The first-order valence-electron chi connectivity index (χ1n) is 9.68. The van der Waals surface area contributed by atoms with Crippen LogP contribution in [0.4, 0.5) is 0 Å². The molecule has 1 aromatic rings. The Hall–Kier alpha value is -0.910. The minimum atomic E-state index is -3.19. The first-order chi connectivity index (χ1) is 11.9. The average Bonchev–Trinajstić information content (AvgIpc) is 3.06. The first-order valence-corrected chi connectivity index (χ1v) is 11.3. The molecular formula is C20H32N2O2S. The minimum Gasteiger partial charge on any atom is -0.303 e. The summed E-state index contributed by atoms with van der Waals surface area (Å²) < 4.78 is 27.2. The van der Waals surface area contributed by atoms with E-state index in [2.05, 4.69) is 18.7 Å². The number of likely N-dealkylation sites (tertiary alicyclic amines) is 1. The number of hydrogen-bond donors (Lipinski definition) is 0. The third kappa shape index (κ3) is 5.05. The van der Waals surface area contributed by atoms with Gasteiger partial charge < -0.3 is 4.90 Å². The largest absolute Gasteiger partial charge is 0.303 e. The minimum absolute atomic E-state index is 0.132. The highest BCUT2D eigenvalue weighted by Gasteiger charge is 2.36. The Morgan fingerprint density at radius 2 is 1.64 bits per heavy atom. The molecule has 0 radical (unpaired) electrons. The number of sulfonamides is 1. The molecular weight excluding hydrogens is 332 g/mol. The summed E-state index contributed by atoms with van der Waals surface area (Å²) in [4.78, 5) is 2.57. The summed E-state index contributed by atoms with van der Waals surface area (Å²) in [7, 11) is -3.19. The van der Waals surface area contributed by atoms with Gasteiger partial charge >= 0.3 is 0 Å². The van der Waals surface area contributed by atoms with Crippen molar-refractivity contribution in [2.75, 3.05) is 32.7 Å². The Labute approximate surface area is 153 Å². The third-order valence-electron chi connectivity index (χ3n) is 5.69. The van der Waals surface area contributed by atoms with E-state index in [9.17, 15) is 8.42 Å². The highest BCUT2D eigenvalue weighted by atomic mass is 32.2. The van der Waals surface area contributed by atoms with E-state index < -0.39 is 10.0 Å². The van der Waals surface area contributed by atoms with Gasteiger partial charge in [0.15, 0.2) is 0 Å². The zero-order chi connectivity index (χ0) is 17.9. The van der Waals surface area contributed by atoms with Crippen LogP contribution in [0.3, 0.4) is 0 Å². The van der Waals surface area contributed by atoms with Crippen LogP contribution in [0.2, 0.25) is 0 Å². The van der Waals surface area contributed by atoms with Crippen molar-refractivity contribution in [2.24, 2.45) is 17.8 Å². The molecule has 0 saturated carbocycles. The number of piperidine rings is 1. The van der Waals surface area contributed by atoms with E-state index in [1.165, 1.54) is 32.5 Å². The molecule has 0 spiro atoms. The number of hydrogen-bond acceptors (Lipinski definition) is 3. The quantitative estimate of drug-likeness (QED) is 0.778. The first kappa shape index (κ1) is 18.9. The van der Waals surface area contributed by atoms with Crippen LogP contribution in [0, 0.1) is 17.8 Å². The second-order valence-electron chi connectivity index (χ2n) is 8.18. The van der Waals surface area contributed by atoms with Crippen LogP contribution in [0.25, 0.3) is 0 Å². The van der Waals surface area contributed by atoms with Gasteiger partial charge in [0.1, 0.15) is 0 Å². The van der Waals surface area contributed by atoms with Crippen LogP contribution in [0.5, 0.6) is 0 Å². The van der Waals surface area contributed by atoms with Gasteiger partial charge in [0, 0.05) is 19.6 Å². The second-order valence-corrected chi connectivity index (χ2v) is 10.1. The van der Waals surface area contributed by atoms with Crippen LogP contribution in [-0.4, -0.2) is 50.3 Å². The van der Waals surface area contributed by atoms with Gasteiger partial charge in [-0.2, -0.15) is 0 Å². The molecule has 0 aliphatic carbocycles. The van der Waals surface area contributed by atoms with Gasteiger partial charge in [-0.3, -0.25) is 0 Å². The summed E-state index contributed by atoms with van der Waals surface area (Å²) in [5, 5.41) is 0. The van der Waals surface area contributed by atoms with Crippen LogP contribution in [0.15, 0.2) is 30.3 Å². The van der Waals surface area contributed by atoms with Gasteiger partial charge in [0.2, 0.25) is 10.0 Å². The van der Waals surface area contributed by atoms with E-state index in [-0.39, 0.29) is 5.75 Å². The number of rotatable bonds is 6. The molecule has 25 heavy (non-hydrogen) atoms. The van der Waals surface area contributed by atoms with E-state index in [1.54, 1.807) is 4.31 Å². The predicted molar refractivity (Wildman–Crippen MR) is 103 cm³/mol. The average molecular weight is 365 g/mol. The van der Waals surface area contributed by atoms with Gasteiger partial charge in [-0.25, -0.2) is 12.7 Å². The molecule has 0 amide bonds. The molecule has 1 aromatic carbocycles. The SMILES string of the molecule is CC(C)CN1CCC([C@H]2CCN(S(=O)(=O)Cc3ccccc3)C2)CC1. The molecule has 5 heteroatoms. The zero-order valence-corrected chi connectivity index (χ0v) is 16.4. The maximum absolute atomic E-state index is 12.7. The van der Waals surface area contributed by atoms with Crippen molar-refractivity contribution in [3.63, 3.8) is 0 Å². The Bertz CT molecular complexity index is 637. The Kier molecular flexibility index (Phi) is 6.18. The van der Waals surface area contributed by atoms with Crippen molar-refractivity contribution >= 4 is 10.0 Å². The van der Waals surface area contributed by atoms with Crippen LogP contribution in [-0.2, 0) is 15.8 Å². The van der Waals surface area contributed by atoms with Gasteiger partial charge in [-0.15, -0.1) is 0 Å². The van der Waals surface area contributed by atoms with Crippen LogP contribution in [0.1, 0.15) is 38.7 Å². The standard InChI is InChI=1S/C20H32N2O2S/c1-17(2)14-21-11-8-19(9-12-21)20-10-13-22(15-20)25(23,24)16-18-6-4-3-5-7-18/h3-7,17,19-20H,8-16H2,1-2H3/t20-/m0/s1. The fourth-order valence-electron chi connectivity index (χ4n) is 4.39. The van der Waals surface area contributed by atoms with E-state index in [4.69, 9.17) is 0 Å². The molecule has 2 aliphatic heterocycles. The molecule has 2 fully saturated rings. The molecule has 0 N–H and O–H groups in total. The molecule has 0 unspecified atom stereocenters. The third-order valence-corrected chi connectivity index (χ3v) is 7.51. The van der Waals surface area contributed by atoms with E-state index >= 15 is 0 Å². The molecule has 2 aliphatic rings. The summed E-state index contributed by atoms with van der Waals surface area (Å²) in [5.74, 6) is 2.10. The van der Waals surface area contributed by atoms with E-state index in [0.29, 0.717) is 18.4 Å². The van der Waals surface area contributed by atoms with Crippen molar-refractivity contribution in [2.45, 2.75) is 38.9 Å². The molecule has 3 rings (SSSR count). The highest BCUT2D eigenvalue weighted by Crippen LogP contribution is 2.33. The number of benzene rings is 1. The van der Waals surface area contributed by atoms with Crippen molar-refractivity contribution in [3.05, 3.63) is 35.9 Å². The molecule has 0 bridgehead atoms.